The molecule has 1 heterocycles. The predicted octanol–water partition coefficient (Wildman–Crippen LogP) is 1.67. The Bertz CT molecular complexity index is 672. The first kappa shape index (κ1) is 21.8. The lowest BCUT2D eigenvalue weighted by atomic mass is 10.2. The van der Waals surface area contributed by atoms with Crippen molar-refractivity contribution in [2.24, 2.45) is 5.73 Å². The molecule has 0 atom stereocenters. The van der Waals surface area contributed by atoms with E-state index in [-0.39, 0.29) is 12.1 Å². The van der Waals surface area contributed by atoms with Gasteiger partial charge in [0.25, 0.3) is 0 Å². The molecular formula is C19H30N6O3. The summed E-state index contributed by atoms with van der Waals surface area (Å²) in [6, 6.07) is 10.3. The summed E-state index contributed by atoms with van der Waals surface area (Å²) in [5.41, 5.74) is 6.49. The Labute approximate surface area is 166 Å². The van der Waals surface area contributed by atoms with Gasteiger partial charge in [-0.2, -0.15) is 15.0 Å². The van der Waals surface area contributed by atoms with E-state index in [9.17, 15) is 0 Å². The molecule has 0 bridgehead atoms. The van der Waals surface area contributed by atoms with E-state index in [4.69, 9.17) is 19.9 Å². The largest absolute Gasteiger partial charge is 0.461 e. The van der Waals surface area contributed by atoms with Gasteiger partial charge in [-0.25, -0.2) is 0 Å². The monoisotopic (exact) mass is 390 g/mol. The van der Waals surface area contributed by atoms with Gasteiger partial charge in [0.1, 0.15) is 0 Å². The van der Waals surface area contributed by atoms with Gasteiger partial charge in [-0.1, -0.05) is 30.3 Å². The van der Waals surface area contributed by atoms with Crippen molar-refractivity contribution >= 4 is 11.9 Å². The van der Waals surface area contributed by atoms with E-state index >= 15 is 0 Å². The number of nitrogens with two attached hydrogens (primary N) is 1. The van der Waals surface area contributed by atoms with Crippen molar-refractivity contribution in [1.29, 1.82) is 0 Å². The maximum absolute atomic E-state index is 5.63. The van der Waals surface area contributed by atoms with Gasteiger partial charge in [-0.05, 0) is 19.4 Å². The first-order valence-electron chi connectivity index (χ1n) is 9.47. The fourth-order valence-electron chi connectivity index (χ4n) is 2.20. The average molecular weight is 390 g/mol. The Morgan fingerprint density at radius 1 is 0.893 bits per heavy atom. The predicted molar refractivity (Wildman–Crippen MR) is 109 cm³/mol. The van der Waals surface area contributed by atoms with Crippen molar-refractivity contribution < 1.29 is 14.2 Å². The standard InChI is InChI=1S/C19H30N6O3/c1-15(2)28-19-24-17(21-9-11-27-13-12-26-10-8-20)23-18(25-19)22-14-16-6-4-3-5-7-16/h3-7,15H,8-14,20H2,1-2H3,(H2,21,22,23,24,25). The molecule has 154 valence electrons. The molecule has 0 amide bonds. The normalized spacial score (nSPS) is 10.9. The lowest BCUT2D eigenvalue weighted by Gasteiger charge is -2.12. The van der Waals surface area contributed by atoms with E-state index < -0.39 is 0 Å². The van der Waals surface area contributed by atoms with Gasteiger partial charge in [-0.3, -0.25) is 0 Å². The van der Waals surface area contributed by atoms with Gasteiger partial charge in [0.05, 0.1) is 32.5 Å². The van der Waals surface area contributed by atoms with E-state index in [1.54, 1.807) is 0 Å². The molecule has 9 heteroatoms. The maximum atomic E-state index is 5.63. The molecule has 0 aliphatic heterocycles. The van der Waals surface area contributed by atoms with Crippen molar-refractivity contribution in [2.75, 3.05) is 50.2 Å². The smallest absolute Gasteiger partial charge is 0.323 e. The molecule has 9 nitrogen and oxygen atoms in total. The Morgan fingerprint density at radius 3 is 2.25 bits per heavy atom. The number of anilines is 2. The highest BCUT2D eigenvalue weighted by Crippen LogP contribution is 2.13. The van der Waals surface area contributed by atoms with Crippen molar-refractivity contribution in [1.82, 2.24) is 15.0 Å². The molecule has 0 saturated carbocycles. The van der Waals surface area contributed by atoms with Gasteiger partial charge in [0.2, 0.25) is 11.9 Å². The zero-order chi connectivity index (χ0) is 20.0. The second kappa shape index (κ2) is 12.8. The number of aromatic nitrogens is 3. The molecule has 1 aromatic heterocycles. The highest BCUT2D eigenvalue weighted by molar-refractivity contribution is 5.36. The van der Waals surface area contributed by atoms with Crippen LogP contribution in [0.4, 0.5) is 11.9 Å². The molecule has 0 radical (unpaired) electrons. The number of ether oxygens (including phenoxy) is 3. The Balaban J connectivity index is 1.85. The zero-order valence-electron chi connectivity index (χ0n) is 16.6. The van der Waals surface area contributed by atoms with E-state index in [1.165, 1.54) is 0 Å². The van der Waals surface area contributed by atoms with Crippen LogP contribution in [0.15, 0.2) is 30.3 Å². The van der Waals surface area contributed by atoms with Crippen molar-refractivity contribution in [3.63, 3.8) is 0 Å². The van der Waals surface area contributed by atoms with Gasteiger partial charge in [0.15, 0.2) is 0 Å². The number of rotatable bonds is 14. The number of nitrogens with zero attached hydrogens (tertiary/aromatic N) is 3. The van der Waals surface area contributed by atoms with Gasteiger partial charge in [-0.15, -0.1) is 0 Å². The molecule has 0 aliphatic carbocycles. The Hall–Kier alpha value is -2.49. The van der Waals surface area contributed by atoms with E-state index in [0.717, 1.165) is 5.56 Å². The van der Waals surface area contributed by atoms with E-state index in [0.29, 0.717) is 58.0 Å². The van der Waals surface area contributed by atoms with Gasteiger partial charge >= 0.3 is 6.01 Å². The summed E-state index contributed by atoms with van der Waals surface area (Å²) >= 11 is 0. The van der Waals surface area contributed by atoms with Crippen LogP contribution in [-0.2, 0) is 16.0 Å². The Kier molecular flexibility index (Phi) is 9.98. The molecule has 4 N–H and O–H groups in total. The second-order valence-electron chi connectivity index (χ2n) is 6.21. The van der Waals surface area contributed by atoms with Crippen LogP contribution in [0.2, 0.25) is 0 Å². The summed E-state index contributed by atoms with van der Waals surface area (Å²) in [5, 5.41) is 6.34. The highest BCUT2D eigenvalue weighted by atomic mass is 16.5. The fourth-order valence-corrected chi connectivity index (χ4v) is 2.20. The summed E-state index contributed by atoms with van der Waals surface area (Å²) in [6.07, 6.45) is -0.0333. The lowest BCUT2D eigenvalue weighted by molar-refractivity contribution is 0.0547. The molecule has 1 aromatic carbocycles. The van der Waals surface area contributed by atoms with Crippen LogP contribution in [0.25, 0.3) is 0 Å². The minimum atomic E-state index is -0.0333. The molecule has 0 spiro atoms. The maximum Gasteiger partial charge on any atom is 0.323 e. The molecule has 0 saturated heterocycles. The van der Waals surface area contributed by atoms with Gasteiger partial charge < -0.3 is 30.6 Å². The molecule has 0 fully saturated rings. The first-order chi connectivity index (χ1) is 13.7. The van der Waals surface area contributed by atoms with Crippen LogP contribution in [0.3, 0.4) is 0 Å². The van der Waals surface area contributed by atoms with E-state index in [2.05, 4.69) is 25.6 Å². The number of nitrogens with one attached hydrogen (secondary N) is 2. The van der Waals surface area contributed by atoms with Gasteiger partial charge in [0, 0.05) is 19.6 Å². The molecular weight excluding hydrogens is 360 g/mol. The highest BCUT2D eigenvalue weighted by Gasteiger charge is 2.09. The fraction of sp³-hybridized carbons (Fsp3) is 0.526. The SMILES string of the molecule is CC(C)Oc1nc(NCCOCCOCCN)nc(NCc2ccccc2)n1. The minimum absolute atomic E-state index is 0.0333. The third kappa shape index (κ3) is 8.94. The molecule has 0 unspecified atom stereocenters. The zero-order valence-corrected chi connectivity index (χ0v) is 16.6. The lowest BCUT2D eigenvalue weighted by Crippen LogP contribution is -2.17. The molecule has 28 heavy (non-hydrogen) atoms. The summed E-state index contributed by atoms with van der Waals surface area (Å²) in [4.78, 5) is 13.0. The second-order valence-corrected chi connectivity index (χ2v) is 6.21. The van der Waals surface area contributed by atoms with E-state index in [1.807, 2.05) is 44.2 Å². The quantitative estimate of drug-likeness (QED) is 0.414. The number of benzene rings is 1. The summed E-state index contributed by atoms with van der Waals surface area (Å²) in [6.45, 7) is 7.63. The minimum Gasteiger partial charge on any atom is -0.461 e. The van der Waals surface area contributed by atoms with Crippen molar-refractivity contribution in [3.8, 4) is 6.01 Å². The third-order valence-corrected chi connectivity index (χ3v) is 3.41. The molecule has 2 rings (SSSR count). The summed E-state index contributed by atoms with van der Waals surface area (Å²) in [5.74, 6) is 0.886. The van der Waals surface area contributed by atoms with Crippen LogP contribution in [-0.4, -0.2) is 60.6 Å². The van der Waals surface area contributed by atoms with Crippen LogP contribution < -0.4 is 21.1 Å². The van der Waals surface area contributed by atoms with Crippen molar-refractivity contribution in [3.05, 3.63) is 35.9 Å². The van der Waals surface area contributed by atoms with Crippen molar-refractivity contribution in [2.45, 2.75) is 26.5 Å². The summed E-state index contributed by atoms with van der Waals surface area (Å²) < 4.78 is 16.4. The topological polar surface area (TPSA) is 116 Å². The third-order valence-electron chi connectivity index (χ3n) is 3.41. The average Bonchev–Trinajstić information content (AvgIpc) is 2.69. The molecule has 0 aliphatic rings. The number of hydrogen-bond acceptors (Lipinski definition) is 9. The molecule has 2 aromatic rings. The first-order valence-corrected chi connectivity index (χ1v) is 9.47. The number of hydrogen-bond donors (Lipinski definition) is 3. The van der Waals surface area contributed by atoms with Crippen LogP contribution in [0, 0.1) is 0 Å². The summed E-state index contributed by atoms with van der Waals surface area (Å²) in [7, 11) is 0. The Morgan fingerprint density at radius 2 is 1.57 bits per heavy atom. The van der Waals surface area contributed by atoms with Crippen LogP contribution in [0.5, 0.6) is 6.01 Å². The van der Waals surface area contributed by atoms with Crippen LogP contribution >= 0.6 is 0 Å². The van der Waals surface area contributed by atoms with Crippen LogP contribution in [0.1, 0.15) is 19.4 Å².